The van der Waals surface area contributed by atoms with Crippen molar-refractivity contribution in [3.05, 3.63) is 40.9 Å². The molecule has 0 N–H and O–H groups in total. The number of thiazole rings is 1. The van der Waals surface area contributed by atoms with Crippen LogP contribution in [0.3, 0.4) is 0 Å². The van der Waals surface area contributed by atoms with Crippen LogP contribution in [0.5, 0.6) is 0 Å². The van der Waals surface area contributed by atoms with Crippen molar-refractivity contribution in [2.45, 2.75) is 13.5 Å². The quantitative estimate of drug-likeness (QED) is 0.868. The van der Waals surface area contributed by atoms with Crippen LogP contribution in [0.4, 0.5) is 10.8 Å². The first-order valence-corrected chi connectivity index (χ1v) is 8.10. The van der Waals surface area contributed by atoms with Gasteiger partial charge >= 0.3 is 0 Å². The Morgan fingerprint density at radius 3 is 2.76 bits per heavy atom. The number of hydrogen-bond donors (Lipinski definition) is 0. The summed E-state index contributed by atoms with van der Waals surface area (Å²) in [5.41, 5.74) is 2.66. The Bertz CT molecular complexity index is 593. The molecule has 0 bridgehead atoms. The van der Waals surface area contributed by atoms with E-state index in [-0.39, 0.29) is 0 Å². The summed E-state index contributed by atoms with van der Waals surface area (Å²) in [6.45, 7) is 6.54. The number of para-hydroxylation sites is 1. The highest BCUT2D eigenvalue weighted by atomic mass is 32.1. The summed E-state index contributed by atoms with van der Waals surface area (Å²) in [7, 11) is 2.11. The monoisotopic (exact) mass is 303 g/mol. The number of ether oxygens (including phenoxy) is 1. The molecule has 21 heavy (non-hydrogen) atoms. The number of aromatic nitrogens is 1. The highest BCUT2D eigenvalue weighted by Gasteiger charge is 2.16. The average Bonchev–Trinajstić information content (AvgIpc) is 2.95. The summed E-state index contributed by atoms with van der Waals surface area (Å²) >= 11 is 1.74. The molecule has 1 aromatic heterocycles. The van der Waals surface area contributed by atoms with E-state index in [9.17, 15) is 0 Å². The van der Waals surface area contributed by atoms with Crippen LogP contribution in [0.25, 0.3) is 0 Å². The van der Waals surface area contributed by atoms with Gasteiger partial charge < -0.3 is 14.5 Å². The third-order valence-electron chi connectivity index (χ3n) is 3.69. The molecule has 3 rings (SSSR count). The SMILES string of the molecule is Cc1cnc(N(C)Cc2ccccc2N2CCOCC2)s1. The zero-order valence-electron chi connectivity index (χ0n) is 12.6. The smallest absolute Gasteiger partial charge is 0.185 e. The van der Waals surface area contributed by atoms with Gasteiger partial charge in [-0.1, -0.05) is 18.2 Å². The number of hydrogen-bond acceptors (Lipinski definition) is 5. The Balaban J connectivity index is 1.78. The van der Waals surface area contributed by atoms with Crippen molar-refractivity contribution in [3.8, 4) is 0 Å². The molecule has 2 aromatic rings. The minimum atomic E-state index is 0.815. The molecule has 0 aliphatic carbocycles. The van der Waals surface area contributed by atoms with Gasteiger partial charge in [-0.05, 0) is 18.6 Å². The van der Waals surface area contributed by atoms with Crippen molar-refractivity contribution >= 4 is 22.2 Å². The zero-order valence-corrected chi connectivity index (χ0v) is 13.4. The fourth-order valence-corrected chi connectivity index (χ4v) is 3.32. The topological polar surface area (TPSA) is 28.6 Å². The molecular weight excluding hydrogens is 282 g/mol. The van der Waals surface area contributed by atoms with E-state index in [1.165, 1.54) is 16.1 Å². The number of rotatable bonds is 4. The van der Waals surface area contributed by atoms with Crippen LogP contribution in [-0.2, 0) is 11.3 Å². The van der Waals surface area contributed by atoms with E-state index < -0.39 is 0 Å². The van der Waals surface area contributed by atoms with E-state index in [0.717, 1.165) is 38.0 Å². The van der Waals surface area contributed by atoms with Crippen molar-refractivity contribution in [2.24, 2.45) is 0 Å². The minimum Gasteiger partial charge on any atom is -0.378 e. The first-order valence-electron chi connectivity index (χ1n) is 7.28. The summed E-state index contributed by atoms with van der Waals surface area (Å²) in [4.78, 5) is 10.3. The van der Waals surface area contributed by atoms with Crippen LogP contribution < -0.4 is 9.80 Å². The van der Waals surface area contributed by atoms with Crippen LogP contribution in [0.1, 0.15) is 10.4 Å². The van der Waals surface area contributed by atoms with Gasteiger partial charge in [0.1, 0.15) is 0 Å². The first-order chi connectivity index (χ1) is 10.2. The first kappa shape index (κ1) is 14.4. The Morgan fingerprint density at radius 2 is 2.05 bits per heavy atom. The molecule has 4 nitrogen and oxygen atoms in total. The van der Waals surface area contributed by atoms with Gasteiger partial charge in [0, 0.05) is 43.4 Å². The maximum absolute atomic E-state index is 5.45. The van der Waals surface area contributed by atoms with Gasteiger partial charge in [-0.15, -0.1) is 11.3 Å². The van der Waals surface area contributed by atoms with E-state index >= 15 is 0 Å². The third-order valence-corrected chi connectivity index (χ3v) is 4.71. The summed E-state index contributed by atoms with van der Waals surface area (Å²) < 4.78 is 5.45. The molecule has 1 aliphatic rings. The Morgan fingerprint density at radius 1 is 1.29 bits per heavy atom. The van der Waals surface area contributed by atoms with Crippen LogP contribution in [0.2, 0.25) is 0 Å². The lowest BCUT2D eigenvalue weighted by molar-refractivity contribution is 0.122. The van der Waals surface area contributed by atoms with Gasteiger partial charge in [0.25, 0.3) is 0 Å². The average molecular weight is 303 g/mol. The van der Waals surface area contributed by atoms with Crippen LogP contribution in [-0.4, -0.2) is 38.3 Å². The maximum atomic E-state index is 5.45. The number of aryl methyl sites for hydroxylation is 1. The molecule has 5 heteroatoms. The predicted molar refractivity (Wildman–Crippen MR) is 88.4 cm³/mol. The Labute approximate surface area is 130 Å². The molecule has 2 heterocycles. The highest BCUT2D eigenvalue weighted by Crippen LogP contribution is 2.26. The van der Waals surface area contributed by atoms with Crippen molar-refractivity contribution in [3.63, 3.8) is 0 Å². The van der Waals surface area contributed by atoms with Crippen molar-refractivity contribution < 1.29 is 4.74 Å². The van der Waals surface area contributed by atoms with Gasteiger partial charge in [-0.2, -0.15) is 0 Å². The molecule has 1 saturated heterocycles. The summed E-state index contributed by atoms with van der Waals surface area (Å²) in [6.07, 6.45) is 1.93. The lowest BCUT2D eigenvalue weighted by Crippen LogP contribution is -2.37. The zero-order chi connectivity index (χ0) is 14.7. The highest BCUT2D eigenvalue weighted by molar-refractivity contribution is 7.15. The molecule has 0 amide bonds. The molecule has 1 aromatic carbocycles. The van der Waals surface area contributed by atoms with Crippen LogP contribution >= 0.6 is 11.3 Å². The van der Waals surface area contributed by atoms with Gasteiger partial charge in [0.05, 0.1) is 13.2 Å². The van der Waals surface area contributed by atoms with Gasteiger partial charge in [-0.3, -0.25) is 0 Å². The second kappa shape index (κ2) is 6.45. The van der Waals surface area contributed by atoms with Crippen molar-refractivity contribution in [1.29, 1.82) is 0 Å². The Hall–Kier alpha value is -1.59. The molecule has 0 saturated carbocycles. The largest absolute Gasteiger partial charge is 0.378 e. The summed E-state index contributed by atoms with van der Waals surface area (Å²) in [5, 5.41) is 1.07. The van der Waals surface area contributed by atoms with Gasteiger partial charge in [-0.25, -0.2) is 4.98 Å². The van der Waals surface area contributed by atoms with Gasteiger partial charge in [0.2, 0.25) is 0 Å². The number of nitrogens with zero attached hydrogens (tertiary/aromatic N) is 3. The van der Waals surface area contributed by atoms with E-state index in [2.05, 4.69) is 53.0 Å². The Kier molecular flexibility index (Phi) is 4.41. The minimum absolute atomic E-state index is 0.815. The lowest BCUT2D eigenvalue weighted by Gasteiger charge is -2.31. The van der Waals surface area contributed by atoms with Gasteiger partial charge in [0.15, 0.2) is 5.13 Å². The number of morpholine rings is 1. The predicted octanol–water partition coefficient (Wildman–Crippen LogP) is 2.92. The number of anilines is 2. The molecule has 0 radical (unpaired) electrons. The second-order valence-corrected chi connectivity index (χ2v) is 6.55. The molecule has 0 spiro atoms. The van der Waals surface area contributed by atoms with Crippen LogP contribution in [0.15, 0.2) is 30.5 Å². The van der Waals surface area contributed by atoms with Crippen LogP contribution in [0, 0.1) is 6.92 Å². The summed E-state index contributed by atoms with van der Waals surface area (Å²) in [5.74, 6) is 0. The van der Waals surface area contributed by atoms with Crippen molar-refractivity contribution in [2.75, 3.05) is 43.2 Å². The number of benzene rings is 1. The fourth-order valence-electron chi connectivity index (χ4n) is 2.60. The van der Waals surface area contributed by atoms with E-state index in [1.54, 1.807) is 11.3 Å². The second-order valence-electron chi connectivity index (χ2n) is 5.34. The molecule has 0 atom stereocenters. The molecular formula is C16H21N3OS. The lowest BCUT2D eigenvalue weighted by atomic mass is 10.1. The fraction of sp³-hybridized carbons (Fsp3) is 0.438. The molecule has 1 aliphatic heterocycles. The normalized spacial score (nSPS) is 15.2. The standard InChI is InChI=1S/C16H21N3OS/c1-13-11-17-16(21-13)18(2)12-14-5-3-4-6-15(14)19-7-9-20-10-8-19/h3-6,11H,7-10,12H2,1-2H3. The molecule has 0 unspecified atom stereocenters. The van der Waals surface area contributed by atoms with E-state index in [4.69, 9.17) is 4.74 Å². The van der Waals surface area contributed by atoms with Crippen molar-refractivity contribution in [1.82, 2.24) is 4.98 Å². The van der Waals surface area contributed by atoms with E-state index in [1.807, 2.05) is 6.20 Å². The third kappa shape index (κ3) is 3.36. The maximum Gasteiger partial charge on any atom is 0.185 e. The molecule has 112 valence electrons. The van der Waals surface area contributed by atoms with E-state index in [0.29, 0.717) is 0 Å². The molecule has 1 fully saturated rings. The summed E-state index contributed by atoms with van der Waals surface area (Å²) in [6, 6.07) is 8.64.